The van der Waals surface area contributed by atoms with Crippen molar-refractivity contribution in [1.29, 1.82) is 0 Å². The lowest BCUT2D eigenvalue weighted by molar-refractivity contribution is 0.218. The van der Waals surface area contributed by atoms with Crippen molar-refractivity contribution < 1.29 is 0 Å². The molecule has 0 radical (unpaired) electrons. The van der Waals surface area contributed by atoms with Gasteiger partial charge in [0.15, 0.2) is 0 Å². The van der Waals surface area contributed by atoms with Gasteiger partial charge in [-0.2, -0.15) is 11.8 Å². The Balaban J connectivity index is 1.53. The maximum Gasteiger partial charge on any atom is 0.0281 e. The van der Waals surface area contributed by atoms with Crippen molar-refractivity contribution in [1.82, 2.24) is 10.2 Å². The Morgan fingerprint density at radius 2 is 2.00 bits per heavy atom. The Morgan fingerprint density at radius 1 is 1.24 bits per heavy atom. The summed E-state index contributed by atoms with van der Waals surface area (Å²) >= 11 is 2.11. The van der Waals surface area contributed by atoms with E-state index in [9.17, 15) is 0 Å². The van der Waals surface area contributed by atoms with Crippen molar-refractivity contribution >= 4 is 11.8 Å². The van der Waals surface area contributed by atoms with Crippen LogP contribution in [0.1, 0.15) is 38.5 Å². The topological polar surface area (TPSA) is 15.3 Å². The minimum atomic E-state index is 0.579. The molecule has 0 aromatic carbocycles. The number of nitrogens with zero attached hydrogens (tertiary/aromatic N) is 1. The second-order valence-electron chi connectivity index (χ2n) is 6.22. The number of fused-ring (bicyclic) bond motifs is 2. The van der Waals surface area contributed by atoms with Gasteiger partial charge in [-0.3, -0.25) is 0 Å². The number of nitrogens with one attached hydrogen (secondary N) is 1. The average molecular weight is 254 g/mol. The van der Waals surface area contributed by atoms with Crippen LogP contribution in [0, 0.1) is 5.92 Å². The molecule has 2 bridgehead atoms. The summed E-state index contributed by atoms with van der Waals surface area (Å²) in [5.41, 5.74) is 0. The largest absolute Gasteiger partial charge is 0.312 e. The lowest BCUT2D eigenvalue weighted by Crippen LogP contribution is -2.48. The monoisotopic (exact) mass is 254 g/mol. The van der Waals surface area contributed by atoms with Crippen LogP contribution in [0.3, 0.4) is 0 Å². The predicted molar refractivity (Wildman–Crippen MR) is 75.7 cm³/mol. The van der Waals surface area contributed by atoms with Gasteiger partial charge < -0.3 is 10.2 Å². The van der Waals surface area contributed by atoms with E-state index in [-0.39, 0.29) is 0 Å². The Labute approximate surface area is 110 Å². The van der Waals surface area contributed by atoms with E-state index in [0.717, 1.165) is 12.0 Å². The first-order chi connectivity index (χ1) is 8.31. The third-order valence-corrected chi connectivity index (χ3v) is 6.69. The molecule has 1 saturated carbocycles. The van der Waals surface area contributed by atoms with Crippen molar-refractivity contribution in [2.24, 2.45) is 5.92 Å². The summed E-state index contributed by atoms with van der Waals surface area (Å²) in [5.74, 6) is 0.948. The first kappa shape index (κ1) is 12.3. The molecule has 2 aliphatic heterocycles. The molecular formula is C14H26N2S. The van der Waals surface area contributed by atoms with Crippen molar-refractivity contribution in [3.8, 4) is 0 Å². The van der Waals surface area contributed by atoms with E-state index < -0.39 is 0 Å². The van der Waals surface area contributed by atoms with Crippen LogP contribution in [0.4, 0.5) is 0 Å². The molecule has 1 N–H and O–H groups in total. The highest BCUT2D eigenvalue weighted by molar-refractivity contribution is 8.00. The third kappa shape index (κ3) is 2.52. The first-order valence-electron chi connectivity index (χ1n) is 7.32. The van der Waals surface area contributed by atoms with Gasteiger partial charge in [-0.05, 0) is 50.9 Å². The van der Waals surface area contributed by atoms with Crippen LogP contribution in [0.15, 0.2) is 0 Å². The smallest absolute Gasteiger partial charge is 0.0281 e. The molecule has 2 heterocycles. The molecule has 3 heteroatoms. The van der Waals surface area contributed by atoms with Crippen LogP contribution in [0.2, 0.25) is 0 Å². The van der Waals surface area contributed by atoms with Gasteiger partial charge in [0.1, 0.15) is 0 Å². The number of hydrogen-bond acceptors (Lipinski definition) is 3. The fourth-order valence-electron chi connectivity index (χ4n) is 4.01. The van der Waals surface area contributed by atoms with E-state index in [1.807, 2.05) is 0 Å². The lowest BCUT2D eigenvalue weighted by Gasteiger charge is -2.35. The van der Waals surface area contributed by atoms with Gasteiger partial charge >= 0.3 is 0 Å². The Morgan fingerprint density at radius 3 is 2.76 bits per heavy atom. The SMILES string of the molecule is CSC1(CNC2CCN3CCC2C3)CCCC1. The summed E-state index contributed by atoms with van der Waals surface area (Å²) in [6.07, 6.45) is 10.9. The highest BCUT2D eigenvalue weighted by atomic mass is 32.2. The molecule has 0 aromatic rings. The quantitative estimate of drug-likeness (QED) is 0.829. The molecule has 3 unspecified atom stereocenters. The summed E-state index contributed by atoms with van der Waals surface area (Å²) in [4.78, 5) is 2.64. The van der Waals surface area contributed by atoms with Gasteiger partial charge in [0, 0.05) is 23.9 Å². The van der Waals surface area contributed by atoms with Gasteiger partial charge in [-0.15, -0.1) is 0 Å². The molecule has 98 valence electrons. The number of thioether (sulfide) groups is 1. The van der Waals surface area contributed by atoms with E-state index in [1.54, 1.807) is 0 Å². The first-order valence-corrected chi connectivity index (χ1v) is 8.55. The molecule has 0 spiro atoms. The van der Waals surface area contributed by atoms with Crippen molar-refractivity contribution in [2.45, 2.75) is 49.3 Å². The summed E-state index contributed by atoms with van der Waals surface area (Å²) in [5, 5.41) is 3.94. The van der Waals surface area contributed by atoms with Gasteiger partial charge in [-0.25, -0.2) is 0 Å². The molecule has 17 heavy (non-hydrogen) atoms. The zero-order valence-corrected chi connectivity index (χ0v) is 11.9. The highest BCUT2D eigenvalue weighted by Gasteiger charge is 2.37. The second kappa shape index (κ2) is 5.10. The molecule has 0 amide bonds. The summed E-state index contributed by atoms with van der Waals surface area (Å²) in [7, 11) is 0. The van der Waals surface area contributed by atoms with Gasteiger partial charge in [-0.1, -0.05) is 12.8 Å². The molecule has 3 fully saturated rings. The standard InChI is InChI=1S/C14H26N2S/c1-17-14(6-2-3-7-14)11-15-13-5-9-16-8-4-12(13)10-16/h12-13,15H,2-11H2,1H3. The molecule has 2 nitrogen and oxygen atoms in total. The van der Waals surface area contributed by atoms with Gasteiger partial charge in [0.2, 0.25) is 0 Å². The Bertz CT molecular complexity index is 263. The molecule has 0 aromatic heterocycles. The lowest BCUT2D eigenvalue weighted by atomic mass is 9.93. The van der Waals surface area contributed by atoms with Crippen LogP contribution in [-0.2, 0) is 0 Å². The third-order valence-electron chi connectivity index (χ3n) is 5.27. The van der Waals surface area contributed by atoms with Crippen LogP contribution in [-0.4, -0.2) is 48.1 Å². The molecule has 3 rings (SSSR count). The molecule has 3 atom stereocenters. The molecule has 2 saturated heterocycles. The Hall–Kier alpha value is 0.270. The van der Waals surface area contributed by atoms with Crippen molar-refractivity contribution in [3.05, 3.63) is 0 Å². The average Bonchev–Trinajstić information content (AvgIpc) is 2.97. The zero-order chi connectivity index (χ0) is 11.7. The number of piperidine rings is 1. The summed E-state index contributed by atoms with van der Waals surface area (Å²) in [6, 6.07) is 0.818. The fourth-order valence-corrected chi connectivity index (χ4v) is 4.93. The van der Waals surface area contributed by atoms with Gasteiger partial charge in [0.25, 0.3) is 0 Å². The maximum absolute atomic E-state index is 3.94. The number of hydrogen-bond donors (Lipinski definition) is 1. The Kier molecular flexibility index (Phi) is 3.69. The van der Waals surface area contributed by atoms with Crippen LogP contribution >= 0.6 is 11.8 Å². The van der Waals surface area contributed by atoms with Gasteiger partial charge in [0.05, 0.1) is 0 Å². The normalized spacial score (nSPS) is 39.7. The number of rotatable bonds is 4. The van der Waals surface area contributed by atoms with Crippen LogP contribution in [0.5, 0.6) is 0 Å². The van der Waals surface area contributed by atoms with Crippen LogP contribution < -0.4 is 5.32 Å². The maximum atomic E-state index is 3.94. The van der Waals surface area contributed by atoms with E-state index in [2.05, 4.69) is 28.2 Å². The van der Waals surface area contributed by atoms with Crippen LogP contribution in [0.25, 0.3) is 0 Å². The highest BCUT2D eigenvalue weighted by Crippen LogP contribution is 2.40. The van der Waals surface area contributed by atoms with E-state index in [1.165, 1.54) is 64.7 Å². The molecule has 1 aliphatic carbocycles. The van der Waals surface area contributed by atoms with E-state index in [0.29, 0.717) is 4.75 Å². The predicted octanol–water partition coefficient (Wildman–Crippen LogP) is 2.35. The zero-order valence-electron chi connectivity index (χ0n) is 11.1. The van der Waals surface area contributed by atoms with Crippen molar-refractivity contribution in [3.63, 3.8) is 0 Å². The minimum absolute atomic E-state index is 0.579. The summed E-state index contributed by atoms with van der Waals surface area (Å²) in [6.45, 7) is 5.32. The van der Waals surface area contributed by atoms with E-state index >= 15 is 0 Å². The fraction of sp³-hybridized carbons (Fsp3) is 1.00. The minimum Gasteiger partial charge on any atom is -0.312 e. The second-order valence-corrected chi connectivity index (χ2v) is 7.49. The molecule has 3 aliphatic rings. The molecular weight excluding hydrogens is 228 g/mol. The van der Waals surface area contributed by atoms with E-state index in [4.69, 9.17) is 0 Å². The van der Waals surface area contributed by atoms with Crippen molar-refractivity contribution in [2.75, 3.05) is 32.4 Å². The summed E-state index contributed by atoms with van der Waals surface area (Å²) < 4.78 is 0.579.